The second-order valence-corrected chi connectivity index (χ2v) is 3.59. The van der Waals surface area contributed by atoms with Crippen LogP contribution >= 0.6 is 0 Å². The third kappa shape index (κ3) is 5.94. The first-order valence-corrected chi connectivity index (χ1v) is 5.33. The van der Waals surface area contributed by atoms with Gasteiger partial charge in [-0.3, -0.25) is 4.98 Å². The quantitative estimate of drug-likeness (QED) is 0.370. The van der Waals surface area contributed by atoms with E-state index in [1.165, 1.54) is 12.4 Å². The molecule has 0 bridgehead atoms. The molecule has 0 amide bonds. The second-order valence-electron chi connectivity index (χ2n) is 3.59. The summed E-state index contributed by atoms with van der Waals surface area (Å²) < 4.78 is 0. The van der Waals surface area contributed by atoms with Gasteiger partial charge in [-0.15, -0.1) is 11.5 Å². The maximum atomic E-state index is 11.5. The Hall–Kier alpha value is -2.39. The first-order chi connectivity index (χ1) is 9.16. The summed E-state index contributed by atoms with van der Waals surface area (Å²) in [7, 11) is 0. The molecule has 113 valence electrons. The predicted molar refractivity (Wildman–Crippen MR) is 69.3 cm³/mol. The van der Waals surface area contributed by atoms with Crippen molar-refractivity contribution in [3.05, 3.63) is 53.9 Å². The van der Waals surface area contributed by atoms with E-state index >= 15 is 0 Å². The van der Waals surface area contributed by atoms with Gasteiger partial charge in [0, 0.05) is 23.9 Å². The first kappa shape index (κ1) is 21.9. The van der Waals surface area contributed by atoms with Gasteiger partial charge in [0.25, 0.3) is 0 Å². The maximum Gasteiger partial charge on any atom is 4.00 e. The molecule has 0 aliphatic rings. The third-order valence-corrected chi connectivity index (χ3v) is 2.24. The number of aromatic nitrogens is 1. The molecule has 1 aromatic heterocycles. The van der Waals surface area contributed by atoms with Crippen molar-refractivity contribution < 1.29 is 44.8 Å². The normalized spacial score (nSPS) is 10.3. The molecule has 0 fully saturated rings. The standard InChI is InChI=1S/C13H11N3O3.2H2O.V/c17-11-3-4-12(18)10(6-11)8-15-16-13(19)9-2-1-5-14-7-9;;;/h1-8,17-18H,(H,16,19);2*1H2;/q;;;+4/p-4/b15-8+;;;. The number of benzene rings is 1. The van der Waals surface area contributed by atoms with Gasteiger partial charge in [0.2, 0.25) is 0 Å². The van der Waals surface area contributed by atoms with E-state index in [9.17, 15) is 15.3 Å². The number of nitrogens with zero attached hydrogens (tertiary/aromatic N) is 3. The molecule has 0 unspecified atom stereocenters. The van der Waals surface area contributed by atoms with E-state index in [1.807, 2.05) is 0 Å². The summed E-state index contributed by atoms with van der Waals surface area (Å²) in [5.41, 5.74) is 0.384. The topological polar surface area (TPSA) is 168 Å². The van der Waals surface area contributed by atoms with Gasteiger partial charge in [0.15, 0.2) is 0 Å². The van der Waals surface area contributed by atoms with Crippen molar-refractivity contribution in [3.8, 4) is 11.5 Å². The Morgan fingerprint density at radius 2 is 1.91 bits per heavy atom. The Morgan fingerprint density at radius 1 is 1.18 bits per heavy atom. The number of hydrogen-bond acceptors (Lipinski definition) is 7. The molecule has 1 heterocycles. The van der Waals surface area contributed by atoms with Gasteiger partial charge in [-0.25, -0.2) is 0 Å². The molecule has 9 heteroatoms. The Labute approximate surface area is 138 Å². The monoisotopic (exact) mass is 340 g/mol. The van der Waals surface area contributed by atoms with Gasteiger partial charge in [0.1, 0.15) is 0 Å². The Balaban J connectivity index is 0. The van der Waals surface area contributed by atoms with Crippen molar-refractivity contribution in [2.75, 3.05) is 0 Å². The number of hydrogen-bond donors (Lipinski definition) is 0. The minimum atomic E-state index is -0.574. The Kier molecular flexibility index (Phi) is 10.3. The second kappa shape index (κ2) is 10.4. The third-order valence-electron chi connectivity index (χ3n) is 2.24. The van der Waals surface area contributed by atoms with Crippen molar-refractivity contribution in [1.82, 2.24) is 4.98 Å². The molecule has 0 atom stereocenters. The molecular weight excluding hydrogens is 329 g/mol. The number of rotatable bonds is 3. The molecule has 0 aliphatic carbocycles. The van der Waals surface area contributed by atoms with Crippen LogP contribution in [0.15, 0.2) is 52.9 Å². The largest absolute Gasteiger partial charge is 4.00 e. The van der Waals surface area contributed by atoms with Gasteiger partial charge in [-0.1, -0.05) is 24.3 Å². The van der Waals surface area contributed by atoms with Crippen LogP contribution in [0.1, 0.15) is 11.1 Å². The van der Waals surface area contributed by atoms with E-state index in [1.54, 1.807) is 12.1 Å². The van der Waals surface area contributed by atoms with Gasteiger partial charge < -0.3 is 26.3 Å². The van der Waals surface area contributed by atoms with Crippen molar-refractivity contribution in [2.24, 2.45) is 10.2 Å². The van der Waals surface area contributed by atoms with E-state index in [0.29, 0.717) is 5.56 Å². The van der Waals surface area contributed by atoms with Crippen LogP contribution in [0.3, 0.4) is 0 Å². The minimum absolute atomic E-state index is 0. The molecule has 3 N–H and O–H groups in total. The summed E-state index contributed by atoms with van der Waals surface area (Å²) >= 11 is 0. The molecule has 22 heavy (non-hydrogen) atoms. The van der Waals surface area contributed by atoms with Gasteiger partial charge >= 0.3 is 18.6 Å². The molecule has 0 aliphatic heterocycles. The average Bonchev–Trinajstić information content (AvgIpc) is 2.43. The van der Waals surface area contributed by atoms with Crippen LogP contribution in [0.5, 0.6) is 11.5 Å². The van der Waals surface area contributed by atoms with E-state index in [-0.39, 0.29) is 46.6 Å². The predicted octanol–water partition coefficient (Wildman–Crippen LogP) is -1.63. The van der Waals surface area contributed by atoms with Gasteiger partial charge in [0.05, 0.1) is 6.21 Å². The van der Waals surface area contributed by atoms with E-state index < -0.39 is 5.90 Å². The fraction of sp³-hybridized carbons (Fsp3) is 0. The van der Waals surface area contributed by atoms with Gasteiger partial charge in [-0.2, -0.15) is 10.2 Å². The number of pyridine rings is 1. The van der Waals surface area contributed by atoms with Crippen molar-refractivity contribution >= 4 is 12.1 Å². The first-order valence-electron chi connectivity index (χ1n) is 5.33. The molecule has 0 spiro atoms. The summed E-state index contributed by atoms with van der Waals surface area (Å²) in [5.74, 6) is -1.23. The fourth-order valence-corrected chi connectivity index (χ4v) is 1.32. The molecule has 1 radical (unpaired) electrons. The van der Waals surface area contributed by atoms with Crippen LogP contribution in [0.4, 0.5) is 0 Å². The van der Waals surface area contributed by atoms with Crippen molar-refractivity contribution in [1.29, 1.82) is 0 Å². The van der Waals surface area contributed by atoms with Crippen LogP contribution in [0.2, 0.25) is 0 Å². The molecule has 8 nitrogen and oxygen atoms in total. The summed E-state index contributed by atoms with van der Waals surface area (Å²) in [5, 5.41) is 40.8. The van der Waals surface area contributed by atoms with E-state index in [4.69, 9.17) is 0 Å². The Bertz CT molecular complexity index is 635. The molecule has 2 rings (SSSR count). The Morgan fingerprint density at radius 3 is 2.55 bits per heavy atom. The molecule has 0 saturated carbocycles. The van der Waals surface area contributed by atoms with Gasteiger partial charge in [-0.05, 0) is 11.6 Å². The fourth-order valence-electron chi connectivity index (χ4n) is 1.32. The van der Waals surface area contributed by atoms with Crippen LogP contribution in [-0.2, 0) is 18.6 Å². The smallest absolute Gasteiger partial charge is 0.872 e. The zero-order valence-electron chi connectivity index (χ0n) is 11.1. The van der Waals surface area contributed by atoms with Crippen LogP contribution < -0.4 is 15.3 Å². The average molecular weight is 340 g/mol. The zero-order chi connectivity index (χ0) is 13.7. The van der Waals surface area contributed by atoms with E-state index in [2.05, 4.69) is 15.2 Å². The summed E-state index contributed by atoms with van der Waals surface area (Å²) in [6.07, 6.45) is 3.97. The van der Waals surface area contributed by atoms with E-state index in [0.717, 1.165) is 24.4 Å². The van der Waals surface area contributed by atoms with Crippen LogP contribution in [0, 0.1) is 0 Å². The molecule has 2 aromatic rings. The minimum Gasteiger partial charge on any atom is -0.872 e. The zero-order valence-corrected chi connectivity index (χ0v) is 12.5. The summed E-state index contributed by atoms with van der Waals surface area (Å²) in [6.45, 7) is 0. The summed E-state index contributed by atoms with van der Waals surface area (Å²) in [6, 6.07) is 6.59. The molecule has 0 saturated heterocycles. The van der Waals surface area contributed by atoms with Crippen molar-refractivity contribution in [2.45, 2.75) is 0 Å². The molecular formula is C13H11N3O5V. The maximum absolute atomic E-state index is 11.5. The van der Waals surface area contributed by atoms with Crippen LogP contribution in [-0.4, -0.2) is 28.0 Å². The summed E-state index contributed by atoms with van der Waals surface area (Å²) in [4.78, 5) is 3.77. The van der Waals surface area contributed by atoms with Crippen LogP contribution in [0.25, 0.3) is 0 Å². The SMILES string of the molecule is O.[O-]/C(=N\N=C\c1cc([O-])ccc1[O-])c1cccnc1.[OH-].[V+4]. The molecule has 1 aromatic carbocycles. The van der Waals surface area contributed by atoms with Crippen molar-refractivity contribution in [3.63, 3.8) is 0 Å².